The van der Waals surface area contributed by atoms with Crippen molar-refractivity contribution in [2.75, 3.05) is 60.4 Å². The van der Waals surface area contributed by atoms with Gasteiger partial charge in [0.2, 0.25) is 5.91 Å². The van der Waals surface area contributed by atoms with Gasteiger partial charge in [-0.3, -0.25) is 4.79 Å². The van der Waals surface area contributed by atoms with Gasteiger partial charge in [0, 0.05) is 25.7 Å². The molecule has 0 aromatic rings. The molecule has 0 radical (unpaired) electrons. The Labute approximate surface area is 129 Å². The number of nitrogens with zero attached hydrogens (tertiary/aromatic N) is 3. The van der Waals surface area contributed by atoms with Gasteiger partial charge in [-0.2, -0.15) is 0 Å². The quantitative estimate of drug-likeness (QED) is 0.793. The summed E-state index contributed by atoms with van der Waals surface area (Å²) in [6.07, 6.45) is 2.23. The maximum Gasteiger partial charge on any atom is 0.227 e. The number of carbonyl (C=O) groups excluding carboxylic acids is 1. The molecule has 0 spiro atoms. The van der Waals surface area contributed by atoms with Crippen molar-refractivity contribution >= 4 is 5.91 Å². The van der Waals surface area contributed by atoms with Crippen molar-refractivity contribution < 1.29 is 4.79 Å². The fourth-order valence-corrected chi connectivity index (χ4v) is 3.44. The summed E-state index contributed by atoms with van der Waals surface area (Å²) < 4.78 is 0. The SMILES string of the molecule is C[C@@H]1CNC[C@H]1C(=O)N(CCN(C)C)C1CCN(C)CC1. The molecular formula is C16H32N4O. The Morgan fingerprint density at radius 1 is 1.19 bits per heavy atom. The number of carbonyl (C=O) groups is 1. The molecule has 0 unspecified atom stereocenters. The number of piperidine rings is 1. The molecule has 0 bridgehead atoms. The molecule has 2 fully saturated rings. The Hall–Kier alpha value is -0.650. The molecule has 0 saturated carbocycles. The molecule has 21 heavy (non-hydrogen) atoms. The van der Waals surface area contributed by atoms with E-state index in [-0.39, 0.29) is 5.92 Å². The average Bonchev–Trinajstić information content (AvgIpc) is 2.86. The van der Waals surface area contributed by atoms with Gasteiger partial charge in [-0.15, -0.1) is 0 Å². The summed E-state index contributed by atoms with van der Waals surface area (Å²) in [6, 6.07) is 0.432. The van der Waals surface area contributed by atoms with Crippen LogP contribution in [-0.2, 0) is 4.79 Å². The molecule has 5 nitrogen and oxygen atoms in total. The van der Waals surface area contributed by atoms with Crippen molar-refractivity contribution in [3.05, 3.63) is 0 Å². The fourth-order valence-electron chi connectivity index (χ4n) is 3.44. The molecule has 2 saturated heterocycles. The van der Waals surface area contributed by atoms with Gasteiger partial charge in [-0.05, 0) is 59.5 Å². The Morgan fingerprint density at radius 3 is 2.38 bits per heavy atom. The van der Waals surface area contributed by atoms with Crippen molar-refractivity contribution in [1.82, 2.24) is 20.0 Å². The molecule has 0 aliphatic carbocycles. The number of nitrogens with one attached hydrogen (secondary N) is 1. The van der Waals surface area contributed by atoms with Gasteiger partial charge in [0.1, 0.15) is 0 Å². The van der Waals surface area contributed by atoms with Crippen LogP contribution in [0.5, 0.6) is 0 Å². The van der Waals surface area contributed by atoms with E-state index in [1.807, 2.05) is 0 Å². The third-order valence-corrected chi connectivity index (χ3v) is 5.03. The highest BCUT2D eigenvalue weighted by Gasteiger charge is 2.36. The first-order valence-corrected chi connectivity index (χ1v) is 8.33. The van der Waals surface area contributed by atoms with Crippen LogP contribution in [0.15, 0.2) is 0 Å². The van der Waals surface area contributed by atoms with E-state index in [1.165, 1.54) is 0 Å². The summed E-state index contributed by atoms with van der Waals surface area (Å²) in [7, 11) is 6.33. The molecule has 122 valence electrons. The monoisotopic (exact) mass is 296 g/mol. The fraction of sp³-hybridized carbons (Fsp3) is 0.938. The predicted octanol–water partition coefficient (Wildman–Crippen LogP) is 0.326. The predicted molar refractivity (Wildman–Crippen MR) is 86.3 cm³/mol. The minimum atomic E-state index is 0.173. The third-order valence-electron chi connectivity index (χ3n) is 5.03. The standard InChI is InChI=1S/C16H32N4O/c1-13-11-17-12-15(13)16(21)20(10-9-18(2)3)14-5-7-19(4)8-6-14/h13-15,17H,5-12H2,1-4H3/t13-,15-/m1/s1. The smallest absolute Gasteiger partial charge is 0.227 e. The summed E-state index contributed by atoms with van der Waals surface area (Å²) >= 11 is 0. The van der Waals surface area contributed by atoms with Crippen LogP contribution in [0.25, 0.3) is 0 Å². The highest BCUT2D eigenvalue weighted by Crippen LogP contribution is 2.23. The second-order valence-corrected chi connectivity index (χ2v) is 7.11. The van der Waals surface area contributed by atoms with E-state index < -0.39 is 0 Å². The summed E-state index contributed by atoms with van der Waals surface area (Å²) in [5.74, 6) is 1.02. The number of likely N-dealkylation sites (tertiary alicyclic amines) is 1. The van der Waals surface area contributed by atoms with Crippen LogP contribution < -0.4 is 5.32 Å². The van der Waals surface area contributed by atoms with Gasteiger partial charge in [0.25, 0.3) is 0 Å². The Balaban J connectivity index is 2.02. The molecule has 5 heteroatoms. The van der Waals surface area contributed by atoms with E-state index in [4.69, 9.17) is 0 Å². The molecule has 0 aromatic heterocycles. The zero-order valence-electron chi connectivity index (χ0n) is 14.1. The number of hydrogen-bond acceptors (Lipinski definition) is 4. The lowest BCUT2D eigenvalue weighted by atomic mass is 9.94. The third kappa shape index (κ3) is 4.41. The average molecular weight is 296 g/mol. The highest BCUT2D eigenvalue weighted by molar-refractivity contribution is 5.80. The van der Waals surface area contributed by atoms with Gasteiger partial charge in [0.05, 0.1) is 5.92 Å². The van der Waals surface area contributed by atoms with Crippen LogP contribution in [0.3, 0.4) is 0 Å². The van der Waals surface area contributed by atoms with E-state index in [2.05, 4.69) is 48.1 Å². The topological polar surface area (TPSA) is 38.8 Å². The van der Waals surface area contributed by atoms with Crippen molar-refractivity contribution in [2.45, 2.75) is 25.8 Å². The zero-order chi connectivity index (χ0) is 15.4. The molecule has 1 N–H and O–H groups in total. The molecular weight excluding hydrogens is 264 g/mol. The van der Waals surface area contributed by atoms with E-state index in [0.29, 0.717) is 17.9 Å². The molecule has 2 rings (SSSR count). The summed E-state index contributed by atoms with van der Waals surface area (Å²) in [5.41, 5.74) is 0. The number of amides is 1. The summed E-state index contributed by atoms with van der Waals surface area (Å²) in [4.78, 5) is 19.7. The Kier molecular flexibility index (Phi) is 6.02. The lowest BCUT2D eigenvalue weighted by Crippen LogP contribution is -2.51. The second kappa shape index (κ2) is 7.56. The van der Waals surface area contributed by atoms with Gasteiger partial charge in [-0.25, -0.2) is 0 Å². The summed E-state index contributed by atoms with van der Waals surface area (Å²) in [6.45, 7) is 8.05. The second-order valence-electron chi connectivity index (χ2n) is 7.11. The molecule has 1 amide bonds. The molecule has 0 aromatic carbocycles. The van der Waals surface area contributed by atoms with Crippen LogP contribution in [0, 0.1) is 11.8 Å². The van der Waals surface area contributed by atoms with E-state index in [1.54, 1.807) is 0 Å². The normalized spacial score (nSPS) is 28.2. The van der Waals surface area contributed by atoms with Crippen molar-refractivity contribution in [2.24, 2.45) is 11.8 Å². The van der Waals surface area contributed by atoms with Crippen LogP contribution >= 0.6 is 0 Å². The number of likely N-dealkylation sites (N-methyl/N-ethyl adjacent to an activating group) is 1. The molecule has 2 atom stereocenters. The molecule has 2 aliphatic heterocycles. The van der Waals surface area contributed by atoms with Gasteiger partial charge in [-0.1, -0.05) is 6.92 Å². The van der Waals surface area contributed by atoms with Gasteiger partial charge < -0.3 is 20.0 Å². The van der Waals surface area contributed by atoms with Gasteiger partial charge in [0.15, 0.2) is 0 Å². The number of rotatable bonds is 5. The van der Waals surface area contributed by atoms with E-state index >= 15 is 0 Å². The minimum absolute atomic E-state index is 0.173. The first-order chi connectivity index (χ1) is 9.99. The van der Waals surface area contributed by atoms with Crippen LogP contribution in [0.2, 0.25) is 0 Å². The largest absolute Gasteiger partial charge is 0.338 e. The zero-order valence-corrected chi connectivity index (χ0v) is 14.1. The van der Waals surface area contributed by atoms with E-state index in [9.17, 15) is 4.79 Å². The van der Waals surface area contributed by atoms with Crippen LogP contribution in [0.4, 0.5) is 0 Å². The molecule has 2 aliphatic rings. The van der Waals surface area contributed by atoms with E-state index in [0.717, 1.165) is 52.1 Å². The number of hydrogen-bond donors (Lipinski definition) is 1. The first-order valence-electron chi connectivity index (χ1n) is 8.33. The molecule has 2 heterocycles. The summed E-state index contributed by atoms with van der Waals surface area (Å²) in [5, 5.41) is 3.37. The Bertz CT molecular complexity index is 339. The maximum absolute atomic E-state index is 13.0. The van der Waals surface area contributed by atoms with Crippen LogP contribution in [-0.4, -0.2) is 87.1 Å². The maximum atomic E-state index is 13.0. The highest BCUT2D eigenvalue weighted by atomic mass is 16.2. The van der Waals surface area contributed by atoms with Crippen LogP contribution in [0.1, 0.15) is 19.8 Å². The Morgan fingerprint density at radius 2 is 1.86 bits per heavy atom. The van der Waals surface area contributed by atoms with Gasteiger partial charge >= 0.3 is 0 Å². The first kappa shape index (κ1) is 16.7. The van der Waals surface area contributed by atoms with Crippen molar-refractivity contribution in [1.29, 1.82) is 0 Å². The lowest BCUT2D eigenvalue weighted by molar-refractivity contribution is -0.139. The minimum Gasteiger partial charge on any atom is -0.338 e. The lowest BCUT2D eigenvalue weighted by Gasteiger charge is -2.39. The van der Waals surface area contributed by atoms with Crippen molar-refractivity contribution in [3.8, 4) is 0 Å². The van der Waals surface area contributed by atoms with Crippen molar-refractivity contribution in [3.63, 3.8) is 0 Å².